The number of carbonyl (C=O) groups excluding carboxylic acids is 2. The molecule has 1 fully saturated rings. The molecule has 1 aliphatic heterocycles. The predicted molar refractivity (Wildman–Crippen MR) is 85.4 cm³/mol. The molecule has 1 aromatic rings. The number of carboxylic acids is 1. The molecule has 2 atom stereocenters. The highest BCUT2D eigenvalue weighted by Crippen LogP contribution is 2.23. The van der Waals surface area contributed by atoms with Gasteiger partial charge in [0.15, 0.2) is 5.78 Å². The Labute approximate surface area is 141 Å². The zero-order chi connectivity index (χ0) is 16.3. The maximum atomic E-state index is 12.6. The Hall–Kier alpha value is -1.40. The van der Waals surface area contributed by atoms with E-state index in [0.29, 0.717) is 30.0 Å². The van der Waals surface area contributed by atoms with E-state index in [9.17, 15) is 14.4 Å². The van der Waals surface area contributed by atoms with E-state index in [0.717, 1.165) is 0 Å². The van der Waals surface area contributed by atoms with Crippen molar-refractivity contribution >= 4 is 45.2 Å². The molecule has 1 unspecified atom stereocenters. The minimum absolute atomic E-state index is 0.149. The molecule has 0 aliphatic carbocycles. The molecule has 1 aromatic carbocycles. The van der Waals surface area contributed by atoms with E-state index in [-0.39, 0.29) is 11.1 Å². The summed E-state index contributed by atoms with van der Waals surface area (Å²) in [5.41, 5.74) is 0.383. The van der Waals surface area contributed by atoms with Crippen LogP contribution in [0.2, 0.25) is 5.02 Å². The van der Waals surface area contributed by atoms with Gasteiger partial charge in [0, 0.05) is 22.5 Å². The van der Waals surface area contributed by atoms with E-state index in [2.05, 4.69) is 15.9 Å². The van der Waals surface area contributed by atoms with E-state index in [4.69, 9.17) is 16.7 Å². The van der Waals surface area contributed by atoms with Gasteiger partial charge in [-0.2, -0.15) is 0 Å². The SMILES string of the molecule is O=C(c1ccc(Cl)cc1)C(CBr)C(=O)N1CCC[C@H]1C(=O)O. The standard InChI is InChI=1S/C15H15BrClNO4/c16-8-11(13(19)9-3-5-10(17)6-4-9)14(20)18-7-1-2-12(18)15(21)22/h3-6,11-12H,1-2,7-8H2,(H,21,22)/t11?,12-/m0/s1. The zero-order valence-corrected chi connectivity index (χ0v) is 14.0. The highest BCUT2D eigenvalue weighted by molar-refractivity contribution is 9.09. The number of likely N-dealkylation sites (tertiary alicyclic amines) is 1. The van der Waals surface area contributed by atoms with Crippen molar-refractivity contribution in [1.29, 1.82) is 0 Å². The molecule has 5 nitrogen and oxygen atoms in total. The number of ketones is 1. The van der Waals surface area contributed by atoms with E-state index in [1.165, 1.54) is 4.90 Å². The van der Waals surface area contributed by atoms with Crippen molar-refractivity contribution in [3.05, 3.63) is 34.9 Å². The summed E-state index contributed by atoms with van der Waals surface area (Å²) in [6.45, 7) is 0.368. The molecule has 0 saturated carbocycles. The van der Waals surface area contributed by atoms with Crippen molar-refractivity contribution in [2.24, 2.45) is 5.92 Å². The molecule has 0 aromatic heterocycles. The summed E-state index contributed by atoms with van der Waals surface area (Å²) in [5, 5.41) is 9.82. The van der Waals surface area contributed by atoms with Gasteiger partial charge in [0.1, 0.15) is 12.0 Å². The minimum Gasteiger partial charge on any atom is -0.480 e. The van der Waals surface area contributed by atoms with Crippen molar-refractivity contribution in [2.75, 3.05) is 11.9 Å². The van der Waals surface area contributed by atoms with Crippen LogP contribution in [0.5, 0.6) is 0 Å². The van der Waals surface area contributed by atoms with E-state index >= 15 is 0 Å². The van der Waals surface area contributed by atoms with Crippen LogP contribution in [0.25, 0.3) is 0 Å². The number of Topliss-reactive ketones (excluding diaryl/α,β-unsaturated/α-hetero) is 1. The molecular formula is C15H15BrClNO4. The molecule has 1 saturated heterocycles. The largest absolute Gasteiger partial charge is 0.480 e. The molecule has 0 bridgehead atoms. The number of amides is 1. The van der Waals surface area contributed by atoms with Gasteiger partial charge in [0.2, 0.25) is 5.91 Å². The first kappa shape index (κ1) is 17.0. The lowest BCUT2D eigenvalue weighted by atomic mass is 9.97. The topological polar surface area (TPSA) is 74.7 Å². The summed E-state index contributed by atoms with van der Waals surface area (Å²) in [5.74, 6) is -2.74. The summed E-state index contributed by atoms with van der Waals surface area (Å²) < 4.78 is 0. The van der Waals surface area contributed by atoms with Crippen LogP contribution in [0.1, 0.15) is 23.2 Å². The Morgan fingerprint density at radius 1 is 1.32 bits per heavy atom. The summed E-state index contributed by atoms with van der Waals surface area (Å²) in [7, 11) is 0. The number of carbonyl (C=O) groups is 3. The van der Waals surface area contributed by atoms with Crippen LogP contribution in [0.4, 0.5) is 0 Å². The first-order chi connectivity index (χ1) is 10.5. The second-order valence-electron chi connectivity index (χ2n) is 5.11. The highest BCUT2D eigenvalue weighted by Gasteiger charge is 2.39. The number of carboxylic acid groups (broad SMARTS) is 1. The van der Waals surface area contributed by atoms with E-state index in [1.807, 2.05) is 0 Å². The molecule has 1 amide bonds. The zero-order valence-electron chi connectivity index (χ0n) is 11.7. The molecule has 7 heteroatoms. The summed E-state index contributed by atoms with van der Waals surface area (Å²) in [4.78, 5) is 37.5. The normalized spacial score (nSPS) is 19.0. The van der Waals surface area contributed by atoms with Crippen LogP contribution in [0, 0.1) is 5.92 Å². The smallest absolute Gasteiger partial charge is 0.326 e. The second kappa shape index (κ2) is 7.24. The van der Waals surface area contributed by atoms with Crippen LogP contribution in [0.15, 0.2) is 24.3 Å². The van der Waals surface area contributed by atoms with Crippen molar-refractivity contribution in [3.8, 4) is 0 Å². The second-order valence-corrected chi connectivity index (χ2v) is 6.19. The van der Waals surface area contributed by atoms with Crippen molar-refractivity contribution in [3.63, 3.8) is 0 Å². The lowest BCUT2D eigenvalue weighted by molar-refractivity contribution is -0.149. The lowest BCUT2D eigenvalue weighted by Gasteiger charge is -2.25. The van der Waals surface area contributed by atoms with Gasteiger partial charge in [-0.15, -0.1) is 0 Å². The molecule has 1 heterocycles. The third kappa shape index (κ3) is 3.50. The van der Waals surface area contributed by atoms with Crippen molar-refractivity contribution in [1.82, 2.24) is 4.90 Å². The number of aliphatic carboxylic acids is 1. The third-order valence-corrected chi connectivity index (χ3v) is 4.62. The Bertz CT molecular complexity index is 590. The number of rotatable bonds is 5. The van der Waals surface area contributed by atoms with Gasteiger partial charge in [-0.05, 0) is 37.1 Å². The molecule has 0 spiro atoms. The number of hydrogen-bond donors (Lipinski definition) is 1. The third-order valence-electron chi connectivity index (χ3n) is 3.72. The van der Waals surface area contributed by atoms with Gasteiger partial charge in [-0.1, -0.05) is 27.5 Å². The average Bonchev–Trinajstić information content (AvgIpc) is 2.98. The van der Waals surface area contributed by atoms with Gasteiger partial charge in [0.25, 0.3) is 0 Å². The molecule has 22 heavy (non-hydrogen) atoms. The highest BCUT2D eigenvalue weighted by atomic mass is 79.9. The van der Waals surface area contributed by atoms with Crippen molar-refractivity contribution < 1.29 is 19.5 Å². The van der Waals surface area contributed by atoms with E-state index < -0.39 is 23.8 Å². The fourth-order valence-corrected chi connectivity index (χ4v) is 3.25. The Morgan fingerprint density at radius 2 is 1.95 bits per heavy atom. The Balaban J connectivity index is 2.20. The van der Waals surface area contributed by atoms with Gasteiger partial charge in [-0.25, -0.2) is 4.79 Å². The maximum absolute atomic E-state index is 12.6. The number of alkyl halides is 1. The van der Waals surface area contributed by atoms with Crippen LogP contribution < -0.4 is 0 Å². The van der Waals surface area contributed by atoms with Crippen LogP contribution in [-0.4, -0.2) is 45.6 Å². The maximum Gasteiger partial charge on any atom is 0.326 e. The number of halogens is 2. The molecule has 1 aliphatic rings. The van der Waals surface area contributed by atoms with Gasteiger partial charge in [0.05, 0.1) is 0 Å². The molecule has 0 radical (unpaired) electrons. The summed E-state index contributed by atoms with van der Waals surface area (Å²) in [6.07, 6.45) is 1.05. The molecule has 118 valence electrons. The van der Waals surface area contributed by atoms with E-state index in [1.54, 1.807) is 24.3 Å². The van der Waals surface area contributed by atoms with Crippen molar-refractivity contribution in [2.45, 2.75) is 18.9 Å². The molecule has 2 rings (SSSR count). The minimum atomic E-state index is -1.03. The fourth-order valence-electron chi connectivity index (χ4n) is 2.55. The number of benzene rings is 1. The quantitative estimate of drug-likeness (QED) is 0.478. The molecular weight excluding hydrogens is 374 g/mol. The number of nitrogens with zero attached hydrogens (tertiary/aromatic N) is 1. The predicted octanol–water partition coefficient (Wildman–Crippen LogP) is 2.61. The average molecular weight is 389 g/mol. The molecule has 1 N–H and O–H groups in total. The van der Waals surface area contributed by atoms with Gasteiger partial charge < -0.3 is 10.0 Å². The number of hydrogen-bond acceptors (Lipinski definition) is 3. The fraction of sp³-hybridized carbons (Fsp3) is 0.400. The van der Waals surface area contributed by atoms with Crippen LogP contribution >= 0.6 is 27.5 Å². The first-order valence-corrected chi connectivity index (χ1v) is 8.34. The summed E-state index contributed by atoms with van der Waals surface area (Å²) >= 11 is 8.98. The lowest BCUT2D eigenvalue weighted by Crippen LogP contribution is -2.46. The van der Waals surface area contributed by atoms with Gasteiger partial charge >= 0.3 is 5.97 Å². The van der Waals surface area contributed by atoms with Gasteiger partial charge in [-0.3, -0.25) is 9.59 Å². The Kier molecular flexibility index (Phi) is 5.58. The van der Waals surface area contributed by atoms with Crippen LogP contribution in [-0.2, 0) is 9.59 Å². The van der Waals surface area contributed by atoms with Crippen LogP contribution in [0.3, 0.4) is 0 Å². The first-order valence-electron chi connectivity index (χ1n) is 6.84. The monoisotopic (exact) mass is 387 g/mol. The summed E-state index contributed by atoms with van der Waals surface area (Å²) in [6, 6.07) is 5.45. The Morgan fingerprint density at radius 3 is 2.50 bits per heavy atom.